The highest BCUT2D eigenvalue weighted by molar-refractivity contribution is 7.99. The molecule has 0 aliphatic carbocycles. The summed E-state index contributed by atoms with van der Waals surface area (Å²) in [6.07, 6.45) is -3.10. The van der Waals surface area contributed by atoms with E-state index in [2.05, 4.69) is 15.2 Å². The Kier molecular flexibility index (Phi) is 6.17. The third kappa shape index (κ3) is 5.00. The first-order chi connectivity index (χ1) is 14.8. The van der Waals surface area contributed by atoms with E-state index in [4.69, 9.17) is 23.8 Å². The monoisotopic (exact) mass is 478 g/mol. The van der Waals surface area contributed by atoms with Crippen LogP contribution in [0.1, 0.15) is 17.0 Å². The average Bonchev–Trinajstić information content (AvgIpc) is 3.10. The van der Waals surface area contributed by atoms with Crippen LogP contribution in [0.25, 0.3) is 5.69 Å². The standard InChI is InChI=1S/C21H14ClF3N4S2/c22-17-11-14(21(23,24)25)12-26-19(17)31-16-8-6-15(7-9-16)29-18(27-28-20(29)30)10-13-4-2-1-3-5-13/h1-9,11-12H,10H2,(H,28,30). The summed E-state index contributed by atoms with van der Waals surface area (Å²) in [6, 6.07) is 18.2. The van der Waals surface area contributed by atoms with Crippen molar-refractivity contribution in [3.05, 3.63) is 93.6 Å². The average molecular weight is 479 g/mol. The van der Waals surface area contributed by atoms with Crippen molar-refractivity contribution >= 4 is 35.6 Å². The highest BCUT2D eigenvalue weighted by Gasteiger charge is 2.31. The Balaban J connectivity index is 1.56. The highest BCUT2D eigenvalue weighted by Crippen LogP contribution is 2.36. The number of nitrogens with one attached hydrogen (secondary N) is 1. The van der Waals surface area contributed by atoms with Crippen molar-refractivity contribution in [3.63, 3.8) is 0 Å². The summed E-state index contributed by atoms with van der Waals surface area (Å²) >= 11 is 12.6. The van der Waals surface area contributed by atoms with E-state index < -0.39 is 11.7 Å². The van der Waals surface area contributed by atoms with Gasteiger partial charge in [0.15, 0.2) is 4.77 Å². The molecule has 4 aromatic rings. The summed E-state index contributed by atoms with van der Waals surface area (Å²) < 4.78 is 40.7. The lowest BCUT2D eigenvalue weighted by Crippen LogP contribution is -2.05. The van der Waals surface area contributed by atoms with Crippen LogP contribution in [0, 0.1) is 4.77 Å². The number of H-pyrrole nitrogens is 1. The fourth-order valence-corrected chi connectivity index (χ4v) is 4.22. The molecule has 0 aliphatic rings. The van der Waals surface area contributed by atoms with Gasteiger partial charge < -0.3 is 0 Å². The van der Waals surface area contributed by atoms with Gasteiger partial charge in [0.2, 0.25) is 0 Å². The Labute approximate surface area is 190 Å². The summed E-state index contributed by atoms with van der Waals surface area (Å²) in [6.45, 7) is 0. The minimum Gasteiger partial charge on any atom is -0.272 e. The van der Waals surface area contributed by atoms with Crippen molar-refractivity contribution in [2.75, 3.05) is 0 Å². The number of halogens is 4. The van der Waals surface area contributed by atoms with Crippen LogP contribution in [-0.2, 0) is 12.6 Å². The molecule has 0 saturated carbocycles. The maximum Gasteiger partial charge on any atom is 0.417 e. The normalized spacial score (nSPS) is 11.6. The van der Waals surface area contributed by atoms with Gasteiger partial charge in [-0.1, -0.05) is 53.7 Å². The second-order valence-electron chi connectivity index (χ2n) is 6.55. The van der Waals surface area contributed by atoms with Crippen molar-refractivity contribution in [2.24, 2.45) is 0 Å². The quantitative estimate of drug-likeness (QED) is 0.323. The molecule has 2 aromatic carbocycles. The van der Waals surface area contributed by atoms with E-state index in [1.807, 2.05) is 59.2 Å². The first-order valence-corrected chi connectivity index (χ1v) is 10.6. The highest BCUT2D eigenvalue weighted by atomic mass is 35.5. The minimum atomic E-state index is -4.48. The topological polar surface area (TPSA) is 46.5 Å². The fraction of sp³-hybridized carbons (Fsp3) is 0.0952. The third-order valence-electron chi connectivity index (χ3n) is 4.39. The van der Waals surface area contributed by atoms with Crippen LogP contribution >= 0.6 is 35.6 Å². The van der Waals surface area contributed by atoms with Crippen molar-refractivity contribution in [1.82, 2.24) is 19.7 Å². The lowest BCUT2D eigenvalue weighted by Gasteiger charge is -2.10. The lowest BCUT2D eigenvalue weighted by atomic mass is 10.1. The summed E-state index contributed by atoms with van der Waals surface area (Å²) in [5, 5.41) is 7.41. The van der Waals surface area contributed by atoms with Crippen LogP contribution in [-0.4, -0.2) is 19.7 Å². The Morgan fingerprint density at radius 2 is 1.77 bits per heavy atom. The Hall–Kier alpha value is -2.62. The van der Waals surface area contributed by atoms with E-state index in [1.54, 1.807) is 0 Å². The van der Waals surface area contributed by atoms with Gasteiger partial charge in [0.1, 0.15) is 10.9 Å². The molecule has 0 aliphatic heterocycles. The van der Waals surface area contributed by atoms with Crippen LogP contribution in [0.3, 0.4) is 0 Å². The van der Waals surface area contributed by atoms with E-state index >= 15 is 0 Å². The van der Waals surface area contributed by atoms with Gasteiger partial charge in [-0.25, -0.2) is 4.98 Å². The molecular formula is C21H14ClF3N4S2. The van der Waals surface area contributed by atoms with Gasteiger partial charge in [-0.2, -0.15) is 18.3 Å². The van der Waals surface area contributed by atoms with Gasteiger partial charge in [-0.3, -0.25) is 9.67 Å². The molecule has 158 valence electrons. The number of aromatic amines is 1. The zero-order valence-electron chi connectivity index (χ0n) is 15.7. The molecule has 31 heavy (non-hydrogen) atoms. The van der Waals surface area contributed by atoms with Crippen molar-refractivity contribution in [1.29, 1.82) is 0 Å². The number of aromatic nitrogens is 4. The smallest absolute Gasteiger partial charge is 0.272 e. The number of hydrogen-bond acceptors (Lipinski definition) is 4. The van der Waals surface area contributed by atoms with E-state index in [0.29, 0.717) is 16.2 Å². The molecule has 2 aromatic heterocycles. The van der Waals surface area contributed by atoms with Gasteiger partial charge in [-0.15, -0.1) is 0 Å². The molecular weight excluding hydrogens is 465 g/mol. The van der Waals surface area contributed by atoms with Crippen LogP contribution in [0.4, 0.5) is 13.2 Å². The summed E-state index contributed by atoms with van der Waals surface area (Å²) in [7, 11) is 0. The molecule has 0 saturated heterocycles. The molecule has 4 rings (SSSR count). The van der Waals surface area contributed by atoms with E-state index in [-0.39, 0.29) is 5.02 Å². The molecule has 0 amide bonds. The van der Waals surface area contributed by atoms with E-state index in [0.717, 1.165) is 34.2 Å². The molecule has 0 atom stereocenters. The number of benzene rings is 2. The predicted molar refractivity (Wildman–Crippen MR) is 116 cm³/mol. The predicted octanol–water partition coefficient (Wildman–Crippen LogP) is 6.74. The van der Waals surface area contributed by atoms with Gasteiger partial charge in [-0.05, 0) is 48.1 Å². The summed E-state index contributed by atoms with van der Waals surface area (Å²) in [4.78, 5) is 4.64. The molecule has 0 unspecified atom stereocenters. The molecule has 0 spiro atoms. The first-order valence-electron chi connectivity index (χ1n) is 9.02. The molecule has 0 fully saturated rings. The van der Waals surface area contributed by atoms with Gasteiger partial charge in [0, 0.05) is 23.2 Å². The Bertz CT molecular complexity index is 1250. The van der Waals surface area contributed by atoms with Gasteiger partial charge >= 0.3 is 6.18 Å². The largest absolute Gasteiger partial charge is 0.417 e. The maximum absolute atomic E-state index is 12.8. The number of rotatable bonds is 5. The second-order valence-corrected chi connectivity index (χ2v) is 8.40. The molecule has 4 nitrogen and oxygen atoms in total. The molecule has 0 radical (unpaired) electrons. The minimum absolute atomic E-state index is 0.0499. The number of hydrogen-bond donors (Lipinski definition) is 1. The van der Waals surface area contributed by atoms with Crippen LogP contribution in [0.2, 0.25) is 5.02 Å². The molecule has 0 bridgehead atoms. The lowest BCUT2D eigenvalue weighted by molar-refractivity contribution is -0.137. The molecule has 1 N–H and O–H groups in total. The SMILES string of the molecule is FC(F)(F)c1cnc(Sc2ccc(-n3c(Cc4ccccc4)n[nH]c3=S)cc2)c(Cl)c1. The molecule has 2 heterocycles. The van der Waals surface area contributed by atoms with Crippen LogP contribution in [0.5, 0.6) is 0 Å². The summed E-state index contributed by atoms with van der Waals surface area (Å²) in [5.74, 6) is 0.768. The number of alkyl halides is 3. The first kappa shape index (κ1) is 21.6. The zero-order chi connectivity index (χ0) is 22.0. The maximum atomic E-state index is 12.8. The van der Waals surface area contributed by atoms with Crippen molar-refractivity contribution in [2.45, 2.75) is 22.5 Å². The fourth-order valence-electron chi connectivity index (χ4n) is 2.92. The number of nitrogens with zero attached hydrogens (tertiary/aromatic N) is 3. The van der Waals surface area contributed by atoms with E-state index in [9.17, 15) is 13.2 Å². The zero-order valence-corrected chi connectivity index (χ0v) is 18.1. The van der Waals surface area contributed by atoms with Crippen LogP contribution < -0.4 is 0 Å². The Morgan fingerprint density at radius 3 is 2.42 bits per heavy atom. The van der Waals surface area contributed by atoms with Crippen molar-refractivity contribution < 1.29 is 13.2 Å². The second kappa shape index (κ2) is 8.86. The Morgan fingerprint density at radius 1 is 1.06 bits per heavy atom. The molecule has 10 heteroatoms. The van der Waals surface area contributed by atoms with Crippen LogP contribution in [0.15, 0.2) is 76.8 Å². The van der Waals surface area contributed by atoms with Crippen molar-refractivity contribution in [3.8, 4) is 5.69 Å². The third-order valence-corrected chi connectivity index (χ3v) is 6.09. The summed E-state index contributed by atoms with van der Waals surface area (Å²) in [5.41, 5.74) is 1.05. The van der Waals surface area contributed by atoms with Gasteiger partial charge in [0.25, 0.3) is 0 Å². The van der Waals surface area contributed by atoms with Gasteiger partial charge in [0.05, 0.1) is 10.6 Å². The van der Waals surface area contributed by atoms with E-state index in [1.165, 1.54) is 11.8 Å². The number of pyridine rings is 1.